The van der Waals surface area contributed by atoms with Crippen molar-refractivity contribution in [2.24, 2.45) is 16.6 Å². The van der Waals surface area contributed by atoms with Crippen LogP contribution in [0.25, 0.3) is 0 Å². The molecular formula is C7H11Cl2N3O3. The van der Waals surface area contributed by atoms with Gasteiger partial charge < -0.3 is 10.5 Å². The van der Waals surface area contributed by atoms with Crippen LogP contribution in [0.2, 0.25) is 0 Å². The molecule has 15 heavy (non-hydrogen) atoms. The third-order valence-electron chi connectivity index (χ3n) is 2.08. The molecule has 1 saturated heterocycles. The molecule has 1 fully saturated rings. The molecule has 1 unspecified atom stereocenters. The first-order valence-electron chi connectivity index (χ1n) is 4.35. The molecular weight excluding hydrogens is 245 g/mol. The largest absolute Gasteiger partial charge is 0.427 e. The minimum Gasteiger partial charge on any atom is -0.381 e. The van der Waals surface area contributed by atoms with Crippen molar-refractivity contribution in [1.82, 2.24) is 0 Å². The van der Waals surface area contributed by atoms with E-state index in [1.165, 1.54) is 0 Å². The average molecular weight is 256 g/mol. The van der Waals surface area contributed by atoms with Crippen LogP contribution in [0.5, 0.6) is 0 Å². The van der Waals surface area contributed by atoms with Crippen LogP contribution in [0, 0.1) is 16.0 Å². The number of ether oxygens (including phenoxy) is 1. The van der Waals surface area contributed by atoms with Gasteiger partial charge in [-0.3, -0.25) is 15.1 Å². The molecule has 0 amide bonds. The minimum absolute atomic E-state index is 0.236. The molecule has 0 aromatic heterocycles. The second-order valence-electron chi connectivity index (χ2n) is 3.25. The summed E-state index contributed by atoms with van der Waals surface area (Å²) in [7, 11) is 0. The highest BCUT2D eigenvalue weighted by molar-refractivity contribution is 6.56. The van der Waals surface area contributed by atoms with Gasteiger partial charge in [0.15, 0.2) is 0 Å². The van der Waals surface area contributed by atoms with Gasteiger partial charge in [-0.25, -0.2) is 0 Å². The SMILES string of the molecule is NC(=NCC1CCOC1)C(Cl)(Cl)[N+](=O)[O-]. The maximum atomic E-state index is 10.4. The van der Waals surface area contributed by atoms with Crippen LogP contribution in [0.4, 0.5) is 0 Å². The molecule has 1 aliphatic heterocycles. The standard InChI is InChI=1S/C7H11Cl2N3O3/c8-7(9,12(13)14)6(10)11-3-5-1-2-15-4-5/h5H,1-4H2,(H2,10,11). The molecule has 2 N–H and O–H groups in total. The van der Waals surface area contributed by atoms with Crippen LogP contribution in [0.15, 0.2) is 4.99 Å². The van der Waals surface area contributed by atoms with E-state index in [0.717, 1.165) is 6.42 Å². The first-order chi connectivity index (χ1) is 6.94. The fourth-order valence-corrected chi connectivity index (χ4v) is 1.26. The molecule has 0 saturated carbocycles. The van der Waals surface area contributed by atoms with E-state index in [1.54, 1.807) is 0 Å². The van der Waals surface area contributed by atoms with E-state index >= 15 is 0 Å². The molecule has 1 rings (SSSR count). The zero-order chi connectivity index (χ0) is 11.5. The Kier molecular flexibility index (Phi) is 4.12. The lowest BCUT2D eigenvalue weighted by molar-refractivity contribution is -0.496. The van der Waals surface area contributed by atoms with Gasteiger partial charge in [0.05, 0.1) is 11.5 Å². The van der Waals surface area contributed by atoms with Gasteiger partial charge in [0.2, 0.25) is 5.84 Å². The third-order valence-corrected chi connectivity index (χ3v) is 2.74. The van der Waals surface area contributed by atoms with Crippen molar-refractivity contribution in [2.75, 3.05) is 19.8 Å². The number of hydrogen-bond acceptors (Lipinski definition) is 4. The lowest BCUT2D eigenvalue weighted by Crippen LogP contribution is -2.41. The number of nitrogens with zero attached hydrogens (tertiary/aromatic N) is 2. The molecule has 0 spiro atoms. The number of nitrogens with two attached hydrogens (primary N) is 1. The van der Waals surface area contributed by atoms with Gasteiger partial charge in [0, 0.05) is 19.1 Å². The summed E-state index contributed by atoms with van der Waals surface area (Å²) >= 11 is 10.8. The number of alkyl halides is 2. The predicted molar refractivity (Wildman–Crippen MR) is 56.8 cm³/mol. The van der Waals surface area contributed by atoms with E-state index in [9.17, 15) is 10.1 Å². The van der Waals surface area contributed by atoms with E-state index in [1.807, 2.05) is 0 Å². The molecule has 1 atom stereocenters. The van der Waals surface area contributed by atoms with Crippen LogP contribution in [0.1, 0.15) is 6.42 Å². The average Bonchev–Trinajstić information content (AvgIpc) is 2.66. The van der Waals surface area contributed by atoms with Crippen molar-refractivity contribution < 1.29 is 9.66 Å². The van der Waals surface area contributed by atoms with Crippen molar-refractivity contribution in [3.8, 4) is 0 Å². The molecule has 0 aromatic rings. The first-order valence-corrected chi connectivity index (χ1v) is 5.10. The summed E-state index contributed by atoms with van der Waals surface area (Å²) in [5.74, 6) is -0.151. The minimum atomic E-state index is -2.33. The topological polar surface area (TPSA) is 90.8 Å². The van der Waals surface area contributed by atoms with Crippen molar-refractivity contribution >= 4 is 29.0 Å². The molecule has 8 heteroatoms. The van der Waals surface area contributed by atoms with E-state index in [-0.39, 0.29) is 11.8 Å². The van der Waals surface area contributed by atoms with Gasteiger partial charge in [-0.15, -0.1) is 0 Å². The van der Waals surface area contributed by atoms with Gasteiger partial charge in [-0.2, -0.15) is 0 Å². The van der Waals surface area contributed by atoms with E-state index in [2.05, 4.69) is 4.99 Å². The van der Waals surface area contributed by atoms with E-state index in [4.69, 9.17) is 33.7 Å². The Balaban J connectivity index is 2.54. The normalized spacial score (nSPS) is 23.1. The molecule has 86 valence electrons. The molecule has 6 nitrogen and oxygen atoms in total. The quantitative estimate of drug-likeness (QED) is 0.201. The van der Waals surface area contributed by atoms with E-state index in [0.29, 0.717) is 19.8 Å². The highest BCUT2D eigenvalue weighted by atomic mass is 35.5. The highest BCUT2D eigenvalue weighted by Crippen LogP contribution is 2.22. The summed E-state index contributed by atoms with van der Waals surface area (Å²) in [4.78, 5) is 13.3. The molecule has 0 aromatic carbocycles. The second-order valence-corrected chi connectivity index (χ2v) is 4.54. The van der Waals surface area contributed by atoms with Gasteiger partial charge in [0.25, 0.3) is 0 Å². The van der Waals surface area contributed by atoms with Gasteiger partial charge in [-0.05, 0) is 29.6 Å². The predicted octanol–water partition coefficient (Wildman–Crippen LogP) is 0.788. The number of hydrogen-bond donors (Lipinski definition) is 1. The lowest BCUT2D eigenvalue weighted by Gasteiger charge is -2.10. The summed E-state index contributed by atoms with van der Waals surface area (Å²) in [6.07, 6.45) is 0.868. The molecule has 0 radical (unpaired) electrons. The number of aliphatic imine (C=N–C) groups is 1. The molecule has 0 aliphatic carbocycles. The highest BCUT2D eigenvalue weighted by Gasteiger charge is 2.43. The number of amidine groups is 1. The number of halogens is 2. The summed E-state index contributed by atoms with van der Waals surface area (Å²) in [5, 5.41) is 10.4. The summed E-state index contributed by atoms with van der Waals surface area (Å²) in [6.45, 7) is 1.62. The van der Waals surface area contributed by atoms with Crippen molar-refractivity contribution in [3.63, 3.8) is 0 Å². The Morgan fingerprint density at radius 3 is 2.87 bits per heavy atom. The van der Waals surface area contributed by atoms with E-state index < -0.39 is 9.38 Å². The third kappa shape index (κ3) is 3.19. The Bertz CT molecular complexity index is 277. The lowest BCUT2D eigenvalue weighted by atomic mass is 10.1. The zero-order valence-corrected chi connectivity index (χ0v) is 9.37. The van der Waals surface area contributed by atoms with Gasteiger partial charge in [0.1, 0.15) is 0 Å². The summed E-state index contributed by atoms with van der Waals surface area (Å²) in [5.41, 5.74) is 5.33. The fraction of sp³-hybridized carbons (Fsp3) is 0.857. The maximum Gasteiger partial charge on any atom is 0.427 e. The molecule has 1 aliphatic rings. The van der Waals surface area contributed by atoms with Crippen molar-refractivity contribution in [2.45, 2.75) is 10.9 Å². The van der Waals surface area contributed by atoms with Gasteiger partial charge in [-0.1, -0.05) is 0 Å². The van der Waals surface area contributed by atoms with Crippen LogP contribution < -0.4 is 5.73 Å². The van der Waals surface area contributed by atoms with Crippen LogP contribution in [-0.4, -0.2) is 35.0 Å². The second kappa shape index (κ2) is 4.96. The Hall–Kier alpha value is -0.590. The van der Waals surface area contributed by atoms with Crippen LogP contribution in [0.3, 0.4) is 0 Å². The zero-order valence-electron chi connectivity index (χ0n) is 7.86. The fourth-order valence-electron chi connectivity index (χ4n) is 1.14. The Labute approximate surface area is 96.5 Å². The smallest absolute Gasteiger partial charge is 0.381 e. The van der Waals surface area contributed by atoms with Crippen molar-refractivity contribution in [1.29, 1.82) is 0 Å². The van der Waals surface area contributed by atoms with Crippen LogP contribution >= 0.6 is 23.2 Å². The van der Waals surface area contributed by atoms with Gasteiger partial charge >= 0.3 is 4.46 Å². The monoisotopic (exact) mass is 255 g/mol. The van der Waals surface area contributed by atoms with Crippen molar-refractivity contribution in [3.05, 3.63) is 10.1 Å². The summed E-state index contributed by atoms with van der Waals surface area (Å²) < 4.78 is 2.78. The number of nitro groups is 1. The molecule has 0 bridgehead atoms. The summed E-state index contributed by atoms with van der Waals surface area (Å²) in [6, 6.07) is 0. The number of rotatable bonds is 4. The maximum absolute atomic E-state index is 10.4. The Morgan fingerprint density at radius 1 is 1.73 bits per heavy atom. The Morgan fingerprint density at radius 2 is 2.40 bits per heavy atom. The first kappa shape index (κ1) is 12.5. The molecule has 1 heterocycles. The van der Waals surface area contributed by atoms with Crippen LogP contribution in [-0.2, 0) is 4.74 Å².